The van der Waals surface area contributed by atoms with Crippen molar-refractivity contribution in [1.82, 2.24) is 15.0 Å². The summed E-state index contributed by atoms with van der Waals surface area (Å²) in [6.45, 7) is 2.88. The first-order chi connectivity index (χ1) is 10.0. The summed E-state index contributed by atoms with van der Waals surface area (Å²) in [5, 5.41) is 3.12. The molecule has 0 radical (unpaired) electrons. The summed E-state index contributed by atoms with van der Waals surface area (Å²) < 4.78 is 27.5. The zero-order chi connectivity index (χ0) is 15.3. The van der Waals surface area contributed by atoms with Gasteiger partial charge in [0.25, 0.3) is 10.0 Å². The van der Waals surface area contributed by atoms with E-state index in [0.29, 0.717) is 6.54 Å². The summed E-state index contributed by atoms with van der Waals surface area (Å²) in [7, 11) is -1.65. The maximum absolute atomic E-state index is 12.3. The van der Waals surface area contributed by atoms with Crippen LogP contribution in [0.15, 0.2) is 23.4 Å². The largest absolute Gasteiger partial charge is 0.316 e. The van der Waals surface area contributed by atoms with Gasteiger partial charge < -0.3 is 5.32 Å². The van der Waals surface area contributed by atoms with Gasteiger partial charge in [-0.05, 0) is 50.3 Å². The van der Waals surface area contributed by atoms with Crippen molar-refractivity contribution in [2.75, 3.05) is 7.05 Å². The Morgan fingerprint density at radius 2 is 1.95 bits per heavy atom. The molecule has 0 amide bonds. The van der Waals surface area contributed by atoms with Gasteiger partial charge >= 0.3 is 0 Å². The monoisotopic (exact) mass is 311 g/mol. The molecule has 21 heavy (non-hydrogen) atoms. The smallest absolute Gasteiger partial charge is 0.258 e. The number of rotatable bonds is 6. The maximum Gasteiger partial charge on any atom is 0.258 e. The van der Waals surface area contributed by atoms with Gasteiger partial charge in [-0.25, -0.2) is 18.1 Å². The van der Waals surface area contributed by atoms with Gasteiger partial charge in [0.15, 0.2) is 5.03 Å². The molecule has 1 saturated carbocycles. The molecule has 2 rings (SSSR count). The molecule has 0 atom stereocenters. The molecule has 0 spiro atoms. The molecule has 0 bridgehead atoms. The maximum atomic E-state index is 12.3. The van der Waals surface area contributed by atoms with Crippen molar-refractivity contribution in [2.24, 2.45) is 5.92 Å². The lowest BCUT2D eigenvalue weighted by atomic mass is 9.85. The van der Waals surface area contributed by atoms with Crippen LogP contribution >= 0.6 is 0 Å². The van der Waals surface area contributed by atoms with Crippen LogP contribution < -0.4 is 10.0 Å². The molecule has 1 aliphatic rings. The van der Waals surface area contributed by atoms with E-state index in [-0.39, 0.29) is 11.1 Å². The molecule has 6 heteroatoms. The highest BCUT2D eigenvalue weighted by Crippen LogP contribution is 2.27. The van der Waals surface area contributed by atoms with Gasteiger partial charge in [0.1, 0.15) is 0 Å². The summed E-state index contributed by atoms with van der Waals surface area (Å²) >= 11 is 0. The van der Waals surface area contributed by atoms with E-state index >= 15 is 0 Å². The molecule has 1 aromatic heterocycles. The zero-order valence-electron chi connectivity index (χ0n) is 12.8. The number of pyridine rings is 1. The van der Waals surface area contributed by atoms with Crippen LogP contribution in [0.25, 0.3) is 0 Å². The van der Waals surface area contributed by atoms with E-state index < -0.39 is 10.0 Å². The third kappa shape index (κ3) is 4.49. The minimum Gasteiger partial charge on any atom is -0.316 e. The lowest BCUT2D eigenvalue weighted by molar-refractivity contribution is 0.306. The van der Waals surface area contributed by atoms with Crippen LogP contribution in [0.4, 0.5) is 0 Å². The van der Waals surface area contributed by atoms with E-state index in [9.17, 15) is 8.42 Å². The van der Waals surface area contributed by atoms with Crippen molar-refractivity contribution >= 4 is 10.0 Å². The number of sulfonamides is 1. The summed E-state index contributed by atoms with van der Waals surface area (Å²) in [5.41, 5.74) is 0.972. The molecular formula is C15H25N3O2S. The molecule has 0 unspecified atom stereocenters. The highest BCUT2D eigenvalue weighted by atomic mass is 32.2. The Balaban J connectivity index is 1.98. The van der Waals surface area contributed by atoms with E-state index in [2.05, 4.69) is 21.9 Å². The zero-order valence-corrected chi connectivity index (χ0v) is 13.6. The molecule has 1 heterocycles. The van der Waals surface area contributed by atoms with Gasteiger partial charge in [-0.15, -0.1) is 0 Å². The predicted molar refractivity (Wildman–Crippen MR) is 83.4 cm³/mol. The second-order valence-corrected chi connectivity index (χ2v) is 7.44. The van der Waals surface area contributed by atoms with Crippen LogP contribution in [0.3, 0.4) is 0 Å². The summed E-state index contributed by atoms with van der Waals surface area (Å²) in [6, 6.07) is 3.43. The fourth-order valence-corrected chi connectivity index (χ4v) is 4.08. The van der Waals surface area contributed by atoms with Crippen molar-refractivity contribution in [3.05, 3.63) is 23.9 Å². The van der Waals surface area contributed by atoms with Gasteiger partial charge in [0, 0.05) is 18.8 Å². The Morgan fingerprint density at radius 1 is 1.24 bits per heavy atom. The minimum atomic E-state index is -3.50. The minimum absolute atomic E-state index is 0.0524. The average molecular weight is 311 g/mol. The van der Waals surface area contributed by atoms with Crippen molar-refractivity contribution in [3.8, 4) is 0 Å². The number of aromatic nitrogens is 1. The van der Waals surface area contributed by atoms with Crippen molar-refractivity contribution < 1.29 is 8.42 Å². The van der Waals surface area contributed by atoms with Gasteiger partial charge in [-0.1, -0.05) is 19.4 Å². The fraction of sp³-hybridized carbons (Fsp3) is 0.667. The normalized spacial score (nSPS) is 23.1. The second-order valence-electron chi connectivity index (χ2n) is 5.78. The summed E-state index contributed by atoms with van der Waals surface area (Å²) in [6.07, 6.45) is 6.87. The molecule has 1 fully saturated rings. The van der Waals surface area contributed by atoms with E-state index in [4.69, 9.17) is 0 Å². The molecule has 0 aliphatic heterocycles. The van der Waals surface area contributed by atoms with Gasteiger partial charge in [-0.2, -0.15) is 0 Å². The first kappa shape index (κ1) is 16.4. The van der Waals surface area contributed by atoms with Gasteiger partial charge in [-0.3, -0.25) is 0 Å². The molecule has 1 aromatic rings. The molecule has 5 nitrogen and oxygen atoms in total. The Labute approximate surface area is 127 Å². The van der Waals surface area contributed by atoms with E-state index in [0.717, 1.165) is 37.2 Å². The topological polar surface area (TPSA) is 71.1 Å². The molecule has 2 N–H and O–H groups in total. The Bertz CT molecular complexity index is 535. The standard InChI is InChI=1S/C15H25N3O2S/c1-3-12-4-7-14(8-5-12)18-21(19,20)15-9-6-13(10-16-2)11-17-15/h6,9,11-12,14,16,18H,3-5,7-8,10H2,1-2H3. The third-order valence-corrected chi connectivity index (χ3v) is 5.64. The van der Waals surface area contributed by atoms with Crippen LogP contribution in [0, 0.1) is 5.92 Å². The van der Waals surface area contributed by atoms with E-state index in [1.54, 1.807) is 18.3 Å². The van der Waals surface area contributed by atoms with E-state index in [1.165, 1.54) is 6.42 Å². The van der Waals surface area contributed by atoms with Crippen LogP contribution in [0.2, 0.25) is 0 Å². The molecule has 0 aromatic carbocycles. The Hall–Kier alpha value is -0.980. The molecular weight excluding hydrogens is 286 g/mol. The van der Waals surface area contributed by atoms with Crippen molar-refractivity contribution in [2.45, 2.75) is 56.6 Å². The first-order valence-corrected chi connectivity index (χ1v) is 9.15. The summed E-state index contributed by atoms with van der Waals surface area (Å²) in [4.78, 5) is 4.08. The third-order valence-electron chi connectivity index (χ3n) is 4.20. The highest BCUT2D eigenvalue weighted by molar-refractivity contribution is 7.89. The van der Waals surface area contributed by atoms with Crippen LogP contribution in [-0.4, -0.2) is 26.5 Å². The second kappa shape index (κ2) is 7.33. The lowest BCUT2D eigenvalue weighted by Gasteiger charge is -2.28. The fourth-order valence-electron chi connectivity index (χ4n) is 2.85. The van der Waals surface area contributed by atoms with Crippen LogP contribution in [-0.2, 0) is 16.6 Å². The van der Waals surface area contributed by atoms with Gasteiger partial charge in [0.05, 0.1) is 0 Å². The molecule has 118 valence electrons. The summed E-state index contributed by atoms with van der Waals surface area (Å²) in [5.74, 6) is 0.754. The molecule has 1 aliphatic carbocycles. The SMILES string of the molecule is CCC1CCC(NS(=O)(=O)c2ccc(CNC)cn2)CC1. The Morgan fingerprint density at radius 3 is 2.48 bits per heavy atom. The number of nitrogens with one attached hydrogen (secondary N) is 2. The van der Waals surface area contributed by atoms with Crippen molar-refractivity contribution in [3.63, 3.8) is 0 Å². The molecule has 0 saturated heterocycles. The first-order valence-electron chi connectivity index (χ1n) is 7.67. The average Bonchev–Trinajstić information content (AvgIpc) is 2.48. The van der Waals surface area contributed by atoms with Crippen molar-refractivity contribution in [1.29, 1.82) is 0 Å². The lowest BCUT2D eigenvalue weighted by Crippen LogP contribution is -2.37. The highest BCUT2D eigenvalue weighted by Gasteiger charge is 2.25. The van der Waals surface area contributed by atoms with Gasteiger partial charge in [0.2, 0.25) is 0 Å². The number of hydrogen-bond acceptors (Lipinski definition) is 4. The quantitative estimate of drug-likeness (QED) is 0.843. The van der Waals surface area contributed by atoms with Crippen LogP contribution in [0.1, 0.15) is 44.6 Å². The number of hydrogen-bond donors (Lipinski definition) is 2. The Kier molecular flexibility index (Phi) is 5.72. The number of nitrogens with zero attached hydrogens (tertiary/aromatic N) is 1. The van der Waals surface area contributed by atoms with Crippen LogP contribution in [0.5, 0.6) is 0 Å². The predicted octanol–water partition coefficient (Wildman–Crippen LogP) is 2.05. The van der Waals surface area contributed by atoms with E-state index in [1.807, 2.05) is 7.05 Å².